The van der Waals surface area contributed by atoms with Crippen molar-refractivity contribution in [3.8, 4) is 0 Å². The van der Waals surface area contributed by atoms with E-state index in [1.807, 2.05) is 0 Å². The molecule has 0 aliphatic carbocycles. The van der Waals surface area contributed by atoms with Crippen LogP contribution in [0.1, 0.15) is 19.8 Å². The van der Waals surface area contributed by atoms with Crippen molar-refractivity contribution >= 4 is 35.6 Å². The molecule has 6 nitrogen and oxygen atoms in total. The van der Waals surface area contributed by atoms with Crippen LogP contribution in [0, 0.1) is 11.6 Å². The maximum Gasteiger partial charge on any atom is 0.253 e. The minimum absolute atomic E-state index is 0. The van der Waals surface area contributed by atoms with E-state index in [2.05, 4.69) is 10.6 Å². The average molecular weight is 350 g/mol. The van der Waals surface area contributed by atoms with Crippen LogP contribution in [0.3, 0.4) is 0 Å². The van der Waals surface area contributed by atoms with E-state index < -0.39 is 29.6 Å². The molecule has 0 bridgehead atoms. The quantitative estimate of drug-likeness (QED) is 0.772. The van der Waals surface area contributed by atoms with Crippen molar-refractivity contribution in [2.24, 2.45) is 5.73 Å². The van der Waals surface area contributed by atoms with Crippen molar-refractivity contribution in [2.45, 2.75) is 32.0 Å². The van der Waals surface area contributed by atoms with Gasteiger partial charge in [0, 0.05) is 25.6 Å². The summed E-state index contributed by atoms with van der Waals surface area (Å²) in [6, 6.07) is 1.62. The fourth-order valence-corrected chi connectivity index (χ4v) is 2.23. The van der Waals surface area contributed by atoms with Gasteiger partial charge in [-0.15, -0.1) is 12.4 Å². The molecule has 4 N–H and O–H groups in total. The topological polar surface area (TPSA) is 93.5 Å². The number of anilines is 2. The van der Waals surface area contributed by atoms with E-state index in [-0.39, 0.29) is 29.9 Å². The number of carbonyl (C=O) groups excluding carboxylic acids is 2. The minimum Gasteiger partial charge on any atom is -0.364 e. The minimum atomic E-state index is -1.13. The molecule has 1 heterocycles. The Morgan fingerprint density at radius 1 is 1.22 bits per heavy atom. The van der Waals surface area contributed by atoms with Crippen LogP contribution in [-0.2, 0) is 14.3 Å². The Kier molecular flexibility index (Phi) is 6.86. The van der Waals surface area contributed by atoms with Gasteiger partial charge in [-0.05, 0) is 12.8 Å². The molecule has 9 heteroatoms. The lowest BCUT2D eigenvalue weighted by Crippen LogP contribution is -2.30. The molecule has 2 atom stereocenters. The van der Waals surface area contributed by atoms with E-state index in [0.717, 1.165) is 12.1 Å². The second-order valence-corrected chi connectivity index (χ2v) is 5.04. The molecule has 1 aliphatic rings. The van der Waals surface area contributed by atoms with Gasteiger partial charge in [0.05, 0.1) is 17.5 Å². The summed E-state index contributed by atoms with van der Waals surface area (Å²) >= 11 is 0. The number of carbonyl (C=O) groups is 2. The molecule has 1 aromatic rings. The van der Waals surface area contributed by atoms with Gasteiger partial charge in [-0.3, -0.25) is 9.59 Å². The summed E-state index contributed by atoms with van der Waals surface area (Å²) in [6.07, 6.45) is 0.264. The molecule has 0 aromatic heterocycles. The molecule has 1 aromatic carbocycles. The standard InChI is InChI=1S/C14H17F2N3O3.ClH/c1-7(20)18-11-4-9(15)10(16)5-12(11)19-14(21)13-3-2-8(6-17)22-13;/h4-5,8,13H,2-3,6,17H2,1H3,(H,18,20)(H,19,21);1H/t8-,13+;/m1./s1. The molecule has 0 spiro atoms. The van der Waals surface area contributed by atoms with Crippen LogP contribution in [-0.4, -0.2) is 30.6 Å². The summed E-state index contributed by atoms with van der Waals surface area (Å²) < 4.78 is 32.0. The second kappa shape index (κ2) is 8.19. The summed E-state index contributed by atoms with van der Waals surface area (Å²) in [5.74, 6) is -3.21. The third kappa shape index (κ3) is 4.85. The van der Waals surface area contributed by atoms with Crippen molar-refractivity contribution < 1.29 is 23.1 Å². The first-order chi connectivity index (χ1) is 10.4. The molecular weight excluding hydrogens is 332 g/mol. The fourth-order valence-electron chi connectivity index (χ4n) is 2.23. The van der Waals surface area contributed by atoms with Gasteiger partial charge in [0.25, 0.3) is 5.91 Å². The first-order valence-corrected chi connectivity index (χ1v) is 6.83. The second-order valence-electron chi connectivity index (χ2n) is 5.04. The first-order valence-electron chi connectivity index (χ1n) is 6.83. The van der Waals surface area contributed by atoms with Crippen LogP contribution in [0.25, 0.3) is 0 Å². The molecule has 128 valence electrons. The fraction of sp³-hybridized carbons (Fsp3) is 0.429. The van der Waals surface area contributed by atoms with E-state index >= 15 is 0 Å². The number of benzene rings is 1. The molecule has 2 rings (SSSR count). The highest BCUT2D eigenvalue weighted by atomic mass is 35.5. The number of ether oxygens (including phenoxy) is 1. The SMILES string of the molecule is CC(=O)Nc1cc(F)c(F)cc1NC(=O)[C@@H]1CC[C@H](CN)O1.Cl. The van der Waals surface area contributed by atoms with Crippen molar-refractivity contribution in [3.63, 3.8) is 0 Å². The average Bonchev–Trinajstić information content (AvgIpc) is 2.92. The molecule has 0 radical (unpaired) electrons. The number of hydrogen-bond donors (Lipinski definition) is 3. The normalized spacial score (nSPS) is 19.8. The van der Waals surface area contributed by atoms with E-state index in [9.17, 15) is 18.4 Å². The molecule has 0 unspecified atom stereocenters. The summed E-state index contributed by atoms with van der Waals surface area (Å²) in [5, 5.41) is 4.78. The number of halogens is 3. The van der Waals surface area contributed by atoms with Gasteiger partial charge in [0.2, 0.25) is 5.91 Å². The largest absolute Gasteiger partial charge is 0.364 e. The lowest BCUT2D eigenvalue weighted by molar-refractivity contribution is -0.126. The lowest BCUT2D eigenvalue weighted by Gasteiger charge is -2.15. The predicted molar refractivity (Wildman–Crippen MR) is 83.5 cm³/mol. The maximum atomic E-state index is 13.4. The smallest absolute Gasteiger partial charge is 0.253 e. The number of nitrogens with one attached hydrogen (secondary N) is 2. The predicted octanol–water partition coefficient (Wildman–Crippen LogP) is 1.79. The monoisotopic (exact) mass is 349 g/mol. The van der Waals surface area contributed by atoms with Crippen LogP contribution in [0.4, 0.5) is 20.2 Å². The summed E-state index contributed by atoms with van der Waals surface area (Å²) in [7, 11) is 0. The van der Waals surface area contributed by atoms with E-state index in [1.165, 1.54) is 6.92 Å². The van der Waals surface area contributed by atoms with Crippen LogP contribution >= 0.6 is 12.4 Å². The Labute approximate surface area is 138 Å². The van der Waals surface area contributed by atoms with Gasteiger partial charge in [-0.2, -0.15) is 0 Å². The summed E-state index contributed by atoms with van der Waals surface area (Å²) in [6.45, 7) is 1.53. The van der Waals surface area contributed by atoms with E-state index in [1.54, 1.807) is 0 Å². The Hall–Kier alpha value is -1.77. The molecule has 23 heavy (non-hydrogen) atoms. The Morgan fingerprint density at radius 3 is 2.26 bits per heavy atom. The number of amides is 2. The maximum absolute atomic E-state index is 13.4. The number of hydrogen-bond acceptors (Lipinski definition) is 4. The molecule has 1 fully saturated rings. The summed E-state index contributed by atoms with van der Waals surface area (Å²) in [5.41, 5.74) is 5.42. The van der Waals surface area contributed by atoms with Gasteiger partial charge < -0.3 is 21.1 Å². The Bertz CT molecular complexity index is 601. The zero-order valence-electron chi connectivity index (χ0n) is 12.4. The van der Waals surface area contributed by atoms with Gasteiger partial charge in [-0.1, -0.05) is 0 Å². The lowest BCUT2D eigenvalue weighted by atomic mass is 10.1. The zero-order valence-corrected chi connectivity index (χ0v) is 13.2. The van der Waals surface area contributed by atoms with Crippen molar-refractivity contribution in [1.29, 1.82) is 0 Å². The van der Waals surface area contributed by atoms with Crippen LogP contribution in [0.2, 0.25) is 0 Å². The highest BCUT2D eigenvalue weighted by Gasteiger charge is 2.30. The van der Waals surface area contributed by atoms with Crippen molar-refractivity contribution in [3.05, 3.63) is 23.8 Å². The van der Waals surface area contributed by atoms with Crippen molar-refractivity contribution in [2.75, 3.05) is 17.2 Å². The van der Waals surface area contributed by atoms with Gasteiger partial charge in [0.15, 0.2) is 11.6 Å². The molecule has 0 saturated carbocycles. The van der Waals surface area contributed by atoms with E-state index in [0.29, 0.717) is 19.4 Å². The molecule has 1 aliphatic heterocycles. The van der Waals surface area contributed by atoms with Crippen LogP contribution < -0.4 is 16.4 Å². The number of rotatable bonds is 4. The molecule has 2 amide bonds. The van der Waals surface area contributed by atoms with Gasteiger partial charge in [-0.25, -0.2) is 8.78 Å². The highest BCUT2D eigenvalue weighted by Crippen LogP contribution is 2.27. The molecular formula is C14H18ClF2N3O3. The van der Waals surface area contributed by atoms with Gasteiger partial charge in [0.1, 0.15) is 6.10 Å². The summed E-state index contributed by atoms with van der Waals surface area (Å²) in [4.78, 5) is 23.2. The molecule has 1 saturated heterocycles. The number of nitrogens with two attached hydrogens (primary N) is 1. The van der Waals surface area contributed by atoms with Crippen molar-refractivity contribution in [1.82, 2.24) is 0 Å². The highest BCUT2D eigenvalue weighted by molar-refractivity contribution is 6.00. The van der Waals surface area contributed by atoms with E-state index in [4.69, 9.17) is 10.5 Å². The third-order valence-corrected chi connectivity index (χ3v) is 3.29. The third-order valence-electron chi connectivity index (χ3n) is 3.29. The van der Waals surface area contributed by atoms with Crippen LogP contribution in [0.15, 0.2) is 12.1 Å². The Balaban J connectivity index is 0.00000264. The first kappa shape index (κ1) is 19.3. The Morgan fingerprint density at radius 2 is 1.78 bits per heavy atom. The van der Waals surface area contributed by atoms with Crippen LogP contribution in [0.5, 0.6) is 0 Å². The van der Waals surface area contributed by atoms with Gasteiger partial charge >= 0.3 is 0 Å². The zero-order chi connectivity index (χ0) is 16.3.